The van der Waals surface area contributed by atoms with Gasteiger partial charge in [-0.15, -0.1) is 0 Å². The van der Waals surface area contributed by atoms with Crippen LogP contribution in [-0.4, -0.2) is 10.9 Å². The van der Waals surface area contributed by atoms with Crippen molar-refractivity contribution in [2.45, 2.75) is 0 Å². The highest BCUT2D eigenvalue weighted by molar-refractivity contribution is 6.06. The number of nitrogens with one attached hydrogen (secondary N) is 1. The molecule has 2 aromatic carbocycles. The Hall–Kier alpha value is -3.01. The molecular weight excluding hydrogens is 279 g/mol. The Morgan fingerprint density at radius 2 is 1.82 bits per heavy atom. The van der Waals surface area contributed by atoms with E-state index in [2.05, 4.69) is 10.3 Å². The normalized spacial score (nSPS) is 11.0. The van der Waals surface area contributed by atoms with Crippen molar-refractivity contribution in [2.75, 3.05) is 5.32 Å². The number of hydrogen-bond acceptors (Lipinski definition) is 2. The number of carbonyl (C=O) groups is 1. The molecule has 0 bridgehead atoms. The van der Waals surface area contributed by atoms with Gasteiger partial charge >= 0.3 is 0 Å². The summed E-state index contributed by atoms with van der Waals surface area (Å²) in [5.74, 6) is -0.564. The number of halogens is 1. The van der Waals surface area contributed by atoms with Crippen molar-refractivity contribution in [1.82, 2.24) is 4.98 Å². The van der Waals surface area contributed by atoms with Gasteiger partial charge in [-0.25, -0.2) is 4.39 Å². The fraction of sp³-hybridized carbons (Fsp3) is 0. The Kier molecular flexibility index (Phi) is 3.92. The van der Waals surface area contributed by atoms with E-state index >= 15 is 0 Å². The summed E-state index contributed by atoms with van der Waals surface area (Å²) >= 11 is 0. The number of benzene rings is 2. The highest BCUT2D eigenvalue weighted by Gasteiger charge is 2.03. The third-order valence-corrected chi connectivity index (χ3v) is 3.19. The molecule has 22 heavy (non-hydrogen) atoms. The van der Waals surface area contributed by atoms with Crippen LogP contribution in [0.25, 0.3) is 17.0 Å². The molecule has 0 radical (unpaired) electrons. The minimum absolute atomic E-state index is 0.262. The summed E-state index contributed by atoms with van der Waals surface area (Å²) in [6.45, 7) is 0. The number of carbonyl (C=O) groups excluding carboxylic acids is 1. The first-order valence-electron chi connectivity index (χ1n) is 6.81. The standard InChI is InChI=1S/C18H13FN2O/c19-15-9-6-13(7-10-15)8-11-17(22)21-16-5-1-3-14-4-2-12-20-18(14)16/h1-12H,(H,21,22)/b11-8+. The number of nitrogens with zero attached hydrogens (tertiary/aromatic N) is 1. The molecular formula is C18H13FN2O. The molecule has 0 aliphatic heterocycles. The molecule has 0 saturated carbocycles. The topological polar surface area (TPSA) is 42.0 Å². The van der Waals surface area contributed by atoms with Crippen molar-refractivity contribution in [2.24, 2.45) is 0 Å². The van der Waals surface area contributed by atoms with Gasteiger partial charge in [-0.05, 0) is 35.9 Å². The van der Waals surface area contributed by atoms with E-state index < -0.39 is 0 Å². The SMILES string of the molecule is O=C(/C=C/c1ccc(F)cc1)Nc1cccc2cccnc12. The second kappa shape index (κ2) is 6.18. The Balaban J connectivity index is 1.77. The molecule has 1 aromatic heterocycles. The van der Waals surface area contributed by atoms with Crippen molar-refractivity contribution in [3.63, 3.8) is 0 Å². The molecule has 0 unspecified atom stereocenters. The Bertz CT molecular complexity index is 836. The van der Waals surface area contributed by atoms with Crippen LogP contribution in [-0.2, 0) is 4.79 Å². The Labute approximate surface area is 127 Å². The van der Waals surface area contributed by atoms with Crippen molar-refractivity contribution in [3.05, 3.63) is 78.3 Å². The molecule has 0 aliphatic rings. The Morgan fingerprint density at radius 3 is 2.64 bits per heavy atom. The van der Waals surface area contributed by atoms with Crippen LogP contribution < -0.4 is 5.32 Å². The maximum Gasteiger partial charge on any atom is 0.248 e. The number of fused-ring (bicyclic) bond motifs is 1. The number of pyridine rings is 1. The van der Waals surface area contributed by atoms with Crippen LogP contribution in [0, 0.1) is 5.82 Å². The zero-order valence-electron chi connectivity index (χ0n) is 11.7. The first kappa shape index (κ1) is 13.9. The molecule has 1 heterocycles. The lowest BCUT2D eigenvalue weighted by Crippen LogP contribution is -2.08. The van der Waals surface area contributed by atoms with Crippen LogP contribution in [0.15, 0.2) is 66.9 Å². The average molecular weight is 292 g/mol. The van der Waals surface area contributed by atoms with Crippen LogP contribution in [0.5, 0.6) is 0 Å². The van der Waals surface area contributed by atoms with Crippen molar-refractivity contribution in [1.29, 1.82) is 0 Å². The van der Waals surface area contributed by atoms with Crippen molar-refractivity contribution >= 4 is 28.6 Å². The molecule has 1 N–H and O–H groups in total. The van der Waals surface area contributed by atoms with Crippen LogP contribution in [0.4, 0.5) is 10.1 Å². The summed E-state index contributed by atoms with van der Waals surface area (Å²) in [6.07, 6.45) is 4.73. The summed E-state index contributed by atoms with van der Waals surface area (Å²) in [7, 11) is 0. The highest BCUT2D eigenvalue weighted by atomic mass is 19.1. The first-order chi connectivity index (χ1) is 10.7. The number of anilines is 1. The second-order valence-corrected chi connectivity index (χ2v) is 4.75. The van der Waals surface area contributed by atoms with Crippen LogP contribution in [0.3, 0.4) is 0 Å². The summed E-state index contributed by atoms with van der Waals surface area (Å²) in [5.41, 5.74) is 2.16. The predicted molar refractivity (Wildman–Crippen MR) is 85.8 cm³/mol. The van der Waals surface area contributed by atoms with Gasteiger partial charge in [0, 0.05) is 17.7 Å². The van der Waals surface area contributed by atoms with E-state index in [-0.39, 0.29) is 11.7 Å². The van der Waals surface area contributed by atoms with Gasteiger partial charge in [-0.3, -0.25) is 9.78 Å². The van der Waals surface area contributed by atoms with E-state index in [9.17, 15) is 9.18 Å². The van der Waals surface area contributed by atoms with Crippen molar-refractivity contribution in [3.8, 4) is 0 Å². The number of amides is 1. The molecule has 3 aromatic rings. The monoisotopic (exact) mass is 292 g/mol. The van der Waals surface area contributed by atoms with Gasteiger partial charge in [0.15, 0.2) is 0 Å². The highest BCUT2D eigenvalue weighted by Crippen LogP contribution is 2.20. The quantitative estimate of drug-likeness (QED) is 0.741. The number of hydrogen-bond donors (Lipinski definition) is 1. The number of para-hydroxylation sites is 1. The van der Waals surface area contributed by atoms with E-state index in [0.29, 0.717) is 5.69 Å². The third-order valence-electron chi connectivity index (χ3n) is 3.19. The van der Waals surface area contributed by atoms with E-state index in [1.54, 1.807) is 30.5 Å². The minimum atomic E-state index is -0.302. The van der Waals surface area contributed by atoms with E-state index in [1.807, 2.05) is 24.3 Å². The third kappa shape index (κ3) is 3.17. The van der Waals surface area contributed by atoms with Crippen LogP contribution in [0.2, 0.25) is 0 Å². The van der Waals surface area contributed by atoms with Gasteiger partial charge in [0.25, 0.3) is 0 Å². The maximum atomic E-state index is 12.8. The molecule has 0 atom stereocenters. The van der Waals surface area contributed by atoms with Gasteiger partial charge in [-0.1, -0.05) is 30.3 Å². The first-order valence-corrected chi connectivity index (χ1v) is 6.81. The molecule has 3 rings (SSSR count). The summed E-state index contributed by atoms with van der Waals surface area (Å²) in [4.78, 5) is 16.3. The van der Waals surface area contributed by atoms with Gasteiger partial charge in [0.05, 0.1) is 11.2 Å². The van der Waals surface area contributed by atoms with Gasteiger partial charge in [0.2, 0.25) is 5.91 Å². The number of rotatable bonds is 3. The molecule has 0 saturated heterocycles. The zero-order chi connectivity index (χ0) is 15.4. The molecule has 0 spiro atoms. The summed E-state index contributed by atoms with van der Waals surface area (Å²) in [6, 6.07) is 15.3. The van der Waals surface area contributed by atoms with Gasteiger partial charge in [0.1, 0.15) is 5.82 Å². The summed E-state index contributed by atoms with van der Waals surface area (Å²) < 4.78 is 12.8. The largest absolute Gasteiger partial charge is 0.321 e. The Morgan fingerprint density at radius 1 is 1.05 bits per heavy atom. The molecule has 0 fully saturated rings. The maximum absolute atomic E-state index is 12.8. The van der Waals surface area contributed by atoms with Crippen molar-refractivity contribution < 1.29 is 9.18 Å². The lowest BCUT2D eigenvalue weighted by molar-refractivity contribution is -0.111. The van der Waals surface area contributed by atoms with Crippen LogP contribution >= 0.6 is 0 Å². The minimum Gasteiger partial charge on any atom is -0.321 e. The van der Waals surface area contributed by atoms with E-state index in [0.717, 1.165) is 16.5 Å². The predicted octanol–water partition coefficient (Wildman–Crippen LogP) is 4.03. The molecule has 108 valence electrons. The lowest BCUT2D eigenvalue weighted by Gasteiger charge is -2.05. The number of aromatic nitrogens is 1. The van der Waals surface area contributed by atoms with E-state index in [4.69, 9.17) is 0 Å². The average Bonchev–Trinajstić information content (AvgIpc) is 2.55. The van der Waals surface area contributed by atoms with E-state index in [1.165, 1.54) is 18.2 Å². The smallest absolute Gasteiger partial charge is 0.248 e. The van der Waals surface area contributed by atoms with Gasteiger partial charge < -0.3 is 5.32 Å². The van der Waals surface area contributed by atoms with Crippen LogP contribution in [0.1, 0.15) is 5.56 Å². The summed E-state index contributed by atoms with van der Waals surface area (Å²) in [5, 5.41) is 3.77. The fourth-order valence-corrected chi connectivity index (χ4v) is 2.13. The lowest BCUT2D eigenvalue weighted by atomic mass is 10.2. The molecule has 4 heteroatoms. The molecule has 1 amide bonds. The fourth-order valence-electron chi connectivity index (χ4n) is 2.13. The zero-order valence-corrected chi connectivity index (χ0v) is 11.7. The second-order valence-electron chi connectivity index (χ2n) is 4.75. The molecule has 0 aliphatic carbocycles. The molecule has 3 nitrogen and oxygen atoms in total. The van der Waals surface area contributed by atoms with Gasteiger partial charge in [-0.2, -0.15) is 0 Å².